The summed E-state index contributed by atoms with van der Waals surface area (Å²) >= 11 is 0. The average Bonchev–Trinajstić information content (AvgIpc) is 2.41. The standard InChI is InChI=1S/C15H20FNO/c1-2-13-8-5-6-10-17(13)15(18)11-12-7-3-4-9-14(12)16/h3-4,7,9,13H,2,5-6,8,10-11H2,1H3. The number of piperidine rings is 1. The Balaban J connectivity index is 2.05. The molecule has 0 saturated carbocycles. The molecule has 1 aliphatic rings. The Kier molecular flexibility index (Phi) is 4.34. The van der Waals surface area contributed by atoms with Crippen LogP contribution in [0.3, 0.4) is 0 Å². The summed E-state index contributed by atoms with van der Waals surface area (Å²) in [6, 6.07) is 6.88. The summed E-state index contributed by atoms with van der Waals surface area (Å²) < 4.78 is 13.5. The molecule has 2 rings (SSSR count). The van der Waals surface area contributed by atoms with E-state index in [0.29, 0.717) is 11.6 Å². The second-order valence-corrected chi connectivity index (χ2v) is 4.91. The molecule has 1 unspecified atom stereocenters. The second kappa shape index (κ2) is 5.98. The number of carbonyl (C=O) groups is 1. The lowest BCUT2D eigenvalue weighted by Crippen LogP contribution is -2.44. The molecule has 1 atom stereocenters. The largest absolute Gasteiger partial charge is 0.339 e. The van der Waals surface area contributed by atoms with Crippen molar-refractivity contribution in [1.82, 2.24) is 4.90 Å². The van der Waals surface area contributed by atoms with Gasteiger partial charge in [0.25, 0.3) is 0 Å². The van der Waals surface area contributed by atoms with Crippen molar-refractivity contribution in [2.45, 2.75) is 45.1 Å². The van der Waals surface area contributed by atoms with E-state index in [4.69, 9.17) is 0 Å². The molecular weight excluding hydrogens is 229 g/mol. The number of carbonyl (C=O) groups excluding carboxylic acids is 1. The molecule has 1 saturated heterocycles. The van der Waals surface area contributed by atoms with E-state index in [-0.39, 0.29) is 18.1 Å². The third-order valence-electron chi connectivity index (χ3n) is 3.72. The molecule has 1 amide bonds. The number of amides is 1. The van der Waals surface area contributed by atoms with Gasteiger partial charge >= 0.3 is 0 Å². The summed E-state index contributed by atoms with van der Waals surface area (Å²) in [5.41, 5.74) is 0.503. The van der Waals surface area contributed by atoms with Crippen LogP contribution in [-0.2, 0) is 11.2 Å². The molecule has 0 N–H and O–H groups in total. The van der Waals surface area contributed by atoms with Gasteiger partial charge in [-0.1, -0.05) is 25.1 Å². The minimum Gasteiger partial charge on any atom is -0.339 e. The van der Waals surface area contributed by atoms with E-state index in [0.717, 1.165) is 25.8 Å². The summed E-state index contributed by atoms with van der Waals surface area (Å²) in [7, 11) is 0. The van der Waals surface area contributed by atoms with Crippen LogP contribution in [0.2, 0.25) is 0 Å². The van der Waals surface area contributed by atoms with Gasteiger partial charge in [0.2, 0.25) is 5.91 Å². The van der Waals surface area contributed by atoms with Crippen molar-refractivity contribution in [3.63, 3.8) is 0 Å². The summed E-state index contributed by atoms with van der Waals surface area (Å²) in [5, 5.41) is 0. The third-order valence-corrected chi connectivity index (χ3v) is 3.72. The Morgan fingerprint density at radius 1 is 1.39 bits per heavy atom. The van der Waals surface area contributed by atoms with E-state index in [2.05, 4.69) is 6.92 Å². The van der Waals surface area contributed by atoms with Crippen LogP contribution in [-0.4, -0.2) is 23.4 Å². The Bertz CT molecular complexity index is 419. The van der Waals surface area contributed by atoms with E-state index in [9.17, 15) is 9.18 Å². The fourth-order valence-electron chi connectivity index (χ4n) is 2.66. The Labute approximate surface area is 108 Å². The molecule has 2 nitrogen and oxygen atoms in total. The van der Waals surface area contributed by atoms with Crippen LogP contribution in [0.1, 0.15) is 38.2 Å². The number of hydrogen-bond donors (Lipinski definition) is 0. The molecule has 0 radical (unpaired) electrons. The summed E-state index contributed by atoms with van der Waals surface area (Å²) in [5.74, 6) is -0.220. The van der Waals surface area contributed by atoms with Crippen molar-refractivity contribution in [2.75, 3.05) is 6.54 Å². The SMILES string of the molecule is CCC1CCCCN1C(=O)Cc1ccccc1F. The summed E-state index contributed by atoms with van der Waals surface area (Å²) in [6.07, 6.45) is 4.52. The Hall–Kier alpha value is -1.38. The molecule has 3 heteroatoms. The molecule has 1 fully saturated rings. The van der Waals surface area contributed by atoms with Crippen molar-refractivity contribution in [3.8, 4) is 0 Å². The van der Waals surface area contributed by atoms with Crippen LogP contribution in [0.5, 0.6) is 0 Å². The smallest absolute Gasteiger partial charge is 0.227 e. The van der Waals surface area contributed by atoms with Gasteiger partial charge in [0, 0.05) is 12.6 Å². The van der Waals surface area contributed by atoms with E-state index < -0.39 is 0 Å². The monoisotopic (exact) mass is 249 g/mol. The number of nitrogens with zero attached hydrogens (tertiary/aromatic N) is 1. The molecule has 1 aliphatic heterocycles. The van der Waals surface area contributed by atoms with Crippen molar-refractivity contribution in [1.29, 1.82) is 0 Å². The van der Waals surface area contributed by atoms with Crippen molar-refractivity contribution < 1.29 is 9.18 Å². The predicted molar refractivity (Wildman–Crippen MR) is 69.7 cm³/mol. The third kappa shape index (κ3) is 2.89. The van der Waals surface area contributed by atoms with Crippen molar-refractivity contribution >= 4 is 5.91 Å². The zero-order valence-electron chi connectivity index (χ0n) is 10.9. The van der Waals surface area contributed by atoms with Crippen molar-refractivity contribution in [2.24, 2.45) is 0 Å². The highest BCUT2D eigenvalue weighted by molar-refractivity contribution is 5.79. The molecule has 1 aromatic rings. The van der Waals surface area contributed by atoms with Gasteiger partial charge in [-0.15, -0.1) is 0 Å². The highest BCUT2D eigenvalue weighted by atomic mass is 19.1. The molecule has 0 aliphatic carbocycles. The van der Waals surface area contributed by atoms with Gasteiger partial charge < -0.3 is 4.90 Å². The normalized spacial score (nSPS) is 19.9. The van der Waals surface area contributed by atoms with Crippen LogP contribution in [0.25, 0.3) is 0 Å². The molecular formula is C15H20FNO. The lowest BCUT2D eigenvalue weighted by molar-refractivity contribution is -0.134. The summed E-state index contributed by atoms with van der Waals surface area (Å²) in [4.78, 5) is 14.2. The number of hydrogen-bond acceptors (Lipinski definition) is 1. The van der Waals surface area contributed by atoms with E-state index in [1.807, 2.05) is 4.90 Å². The average molecular weight is 249 g/mol. The lowest BCUT2D eigenvalue weighted by Gasteiger charge is -2.35. The zero-order chi connectivity index (χ0) is 13.0. The minimum atomic E-state index is -0.282. The van der Waals surface area contributed by atoms with Gasteiger partial charge in [-0.25, -0.2) is 4.39 Å². The predicted octanol–water partition coefficient (Wildman–Crippen LogP) is 3.16. The topological polar surface area (TPSA) is 20.3 Å². The van der Waals surface area contributed by atoms with Gasteiger partial charge in [0.15, 0.2) is 0 Å². The molecule has 0 spiro atoms. The highest BCUT2D eigenvalue weighted by Crippen LogP contribution is 2.21. The molecule has 18 heavy (non-hydrogen) atoms. The first-order valence-electron chi connectivity index (χ1n) is 6.75. The number of rotatable bonds is 3. The van der Waals surface area contributed by atoms with Crippen LogP contribution >= 0.6 is 0 Å². The highest BCUT2D eigenvalue weighted by Gasteiger charge is 2.25. The maximum Gasteiger partial charge on any atom is 0.227 e. The first-order chi connectivity index (χ1) is 8.72. The quantitative estimate of drug-likeness (QED) is 0.805. The molecule has 0 aromatic heterocycles. The van der Waals surface area contributed by atoms with Gasteiger partial charge in [0.1, 0.15) is 5.82 Å². The fourth-order valence-corrected chi connectivity index (χ4v) is 2.66. The molecule has 1 heterocycles. The van der Waals surface area contributed by atoms with Crippen LogP contribution in [0, 0.1) is 5.82 Å². The molecule has 98 valence electrons. The maximum atomic E-state index is 13.5. The minimum absolute atomic E-state index is 0.0617. The van der Waals surface area contributed by atoms with Crippen LogP contribution in [0.15, 0.2) is 24.3 Å². The van der Waals surface area contributed by atoms with Gasteiger partial charge in [0.05, 0.1) is 6.42 Å². The van der Waals surface area contributed by atoms with Crippen LogP contribution < -0.4 is 0 Å². The van der Waals surface area contributed by atoms with Gasteiger partial charge in [-0.05, 0) is 37.3 Å². The first kappa shape index (κ1) is 13.1. The van der Waals surface area contributed by atoms with E-state index in [1.165, 1.54) is 12.5 Å². The Morgan fingerprint density at radius 2 is 2.17 bits per heavy atom. The first-order valence-corrected chi connectivity index (χ1v) is 6.75. The van der Waals surface area contributed by atoms with Crippen molar-refractivity contribution in [3.05, 3.63) is 35.6 Å². The lowest BCUT2D eigenvalue weighted by atomic mass is 9.99. The summed E-state index contributed by atoms with van der Waals surface area (Å²) in [6.45, 7) is 2.94. The number of likely N-dealkylation sites (tertiary alicyclic amines) is 1. The molecule has 0 bridgehead atoms. The van der Waals surface area contributed by atoms with Crippen LogP contribution in [0.4, 0.5) is 4.39 Å². The second-order valence-electron chi connectivity index (χ2n) is 4.91. The van der Waals surface area contributed by atoms with Gasteiger partial charge in [-0.2, -0.15) is 0 Å². The molecule has 1 aromatic carbocycles. The fraction of sp³-hybridized carbons (Fsp3) is 0.533. The van der Waals surface area contributed by atoms with E-state index >= 15 is 0 Å². The zero-order valence-corrected chi connectivity index (χ0v) is 10.9. The van der Waals surface area contributed by atoms with Gasteiger partial charge in [-0.3, -0.25) is 4.79 Å². The van der Waals surface area contributed by atoms with E-state index in [1.54, 1.807) is 18.2 Å². The maximum absolute atomic E-state index is 13.5. The Morgan fingerprint density at radius 3 is 2.89 bits per heavy atom. The number of benzene rings is 1. The number of halogens is 1.